The van der Waals surface area contributed by atoms with Crippen LogP contribution in [0, 0.1) is 0 Å². The molecule has 0 saturated heterocycles. The molecule has 2 rings (SSSR count). The second-order valence-electron chi connectivity index (χ2n) is 3.42. The van der Waals surface area contributed by atoms with Gasteiger partial charge in [-0.1, -0.05) is 60.7 Å². The van der Waals surface area contributed by atoms with Crippen LogP contribution in [0.2, 0.25) is 0 Å². The third-order valence-electron chi connectivity index (χ3n) is 2.35. The lowest BCUT2D eigenvalue weighted by Crippen LogP contribution is -1.85. The molecule has 16 heavy (non-hydrogen) atoms. The summed E-state index contributed by atoms with van der Waals surface area (Å²) < 4.78 is 0. The van der Waals surface area contributed by atoms with E-state index in [1.54, 1.807) is 0 Å². The number of hydrogen-bond donors (Lipinski definition) is 0. The predicted octanol–water partition coefficient (Wildman–Crippen LogP) is 4.11. The zero-order valence-corrected chi connectivity index (χ0v) is 10.1. The van der Waals surface area contributed by atoms with Gasteiger partial charge in [-0.3, -0.25) is 0 Å². The molecule has 1 atom stereocenters. The fraction of sp³-hybridized carbons (Fsp3) is 0. The zero-order valence-electron chi connectivity index (χ0n) is 8.93. The first-order chi connectivity index (χ1) is 7.92. The van der Waals surface area contributed by atoms with Gasteiger partial charge in [-0.05, 0) is 16.9 Å². The highest BCUT2D eigenvalue weighted by molar-refractivity contribution is 7.20. The summed E-state index contributed by atoms with van der Waals surface area (Å²) in [4.78, 5) is 0. The molecule has 0 aliphatic carbocycles. The monoisotopic (exact) mass is 224 g/mol. The number of hydrogen-bond acceptors (Lipinski definition) is 0. The van der Waals surface area contributed by atoms with Gasteiger partial charge in [0, 0.05) is 5.57 Å². The van der Waals surface area contributed by atoms with Crippen molar-refractivity contribution in [2.75, 3.05) is 0 Å². The average molecular weight is 224 g/mol. The van der Waals surface area contributed by atoms with Gasteiger partial charge >= 0.3 is 0 Å². The highest BCUT2D eigenvalue weighted by Gasteiger charge is 2.01. The lowest BCUT2D eigenvalue weighted by Gasteiger charge is -2.04. The van der Waals surface area contributed by atoms with Crippen LogP contribution in [0.3, 0.4) is 0 Å². The summed E-state index contributed by atoms with van der Waals surface area (Å²) in [6.45, 7) is 0. The van der Waals surface area contributed by atoms with Crippen LogP contribution < -0.4 is 0 Å². The smallest absolute Gasteiger partial charge is 0.0309 e. The van der Waals surface area contributed by atoms with E-state index in [2.05, 4.69) is 39.2 Å². The molecule has 0 fully saturated rings. The maximum absolute atomic E-state index is 3.27. The van der Waals surface area contributed by atoms with E-state index in [0.29, 0.717) is 0 Å². The Kier molecular flexibility index (Phi) is 3.72. The Labute approximate surface area is 98.5 Å². The largest absolute Gasteiger partial charge is 0.112 e. The van der Waals surface area contributed by atoms with Crippen molar-refractivity contribution in [3.05, 3.63) is 83.3 Å². The minimum Gasteiger partial charge on any atom is -0.112 e. The molecule has 0 amide bonds. The second-order valence-corrected chi connectivity index (χ2v) is 3.75. The molecule has 0 N–H and O–H groups in total. The van der Waals surface area contributed by atoms with E-state index < -0.39 is 0 Å². The van der Waals surface area contributed by atoms with E-state index in [1.165, 1.54) is 11.1 Å². The Morgan fingerprint density at radius 2 is 1.25 bits per heavy atom. The zero-order chi connectivity index (χ0) is 11.2. The van der Waals surface area contributed by atoms with Crippen molar-refractivity contribution in [3.8, 4) is 0 Å². The van der Waals surface area contributed by atoms with Crippen LogP contribution in [0.25, 0.3) is 5.57 Å². The molecular formula is C15H13P. The number of rotatable bonds is 2. The van der Waals surface area contributed by atoms with Gasteiger partial charge in [0.1, 0.15) is 0 Å². The third-order valence-corrected chi connectivity index (χ3v) is 2.52. The van der Waals surface area contributed by atoms with Crippen molar-refractivity contribution in [3.63, 3.8) is 0 Å². The second kappa shape index (κ2) is 5.47. The fourth-order valence-corrected chi connectivity index (χ4v) is 1.79. The first kappa shape index (κ1) is 10.9. The molecule has 0 aromatic heterocycles. The molecule has 0 heterocycles. The van der Waals surface area contributed by atoms with Crippen LogP contribution in [0.15, 0.2) is 72.2 Å². The highest BCUT2D eigenvalue weighted by atomic mass is 31.0. The lowest BCUT2D eigenvalue weighted by atomic mass is 9.99. The van der Waals surface area contributed by atoms with E-state index in [4.69, 9.17) is 0 Å². The van der Waals surface area contributed by atoms with Gasteiger partial charge in [-0.2, -0.15) is 0 Å². The summed E-state index contributed by atoms with van der Waals surface area (Å²) >= 11 is 0. The minimum atomic E-state index is 1.12. The van der Waals surface area contributed by atoms with Crippen molar-refractivity contribution >= 4 is 14.8 Å². The Balaban J connectivity index is 2.53. The molecule has 0 aliphatic heterocycles. The SMILES string of the molecule is PC=C=C(c1ccccc1)c1ccccc1. The molecule has 0 spiro atoms. The Bertz CT molecular complexity index is 464. The van der Waals surface area contributed by atoms with Crippen molar-refractivity contribution < 1.29 is 0 Å². The Hall–Kier alpha value is -1.61. The molecule has 0 radical (unpaired) electrons. The first-order valence-electron chi connectivity index (χ1n) is 5.19. The van der Waals surface area contributed by atoms with Crippen LogP contribution in [0.4, 0.5) is 0 Å². The molecular weight excluding hydrogens is 211 g/mol. The summed E-state index contributed by atoms with van der Waals surface area (Å²) in [6, 6.07) is 20.6. The van der Waals surface area contributed by atoms with Gasteiger partial charge in [0.05, 0.1) is 0 Å². The molecule has 0 bridgehead atoms. The van der Waals surface area contributed by atoms with E-state index in [1.807, 2.05) is 42.2 Å². The predicted molar refractivity (Wildman–Crippen MR) is 73.2 cm³/mol. The Morgan fingerprint density at radius 1 is 0.812 bits per heavy atom. The molecule has 2 aromatic carbocycles. The summed E-state index contributed by atoms with van der Waals surface area (Å²) in [5.41, 5.74) is 6.77. The van der Waals surface area contributed by atoms with E-state index in [-0.39, 0.29) is 0 Å². The molecule has 0 saturated carbocycles. The van der Waals surface area contributed by atoms with Crippen molar-refractivity contribution in [2.45, 2.75) is 0 Å². The maximum Gasteiger partial charge on any atom is 0.0309 e. The van der Waals surface area contributed by atoms with Crippen LogP contribution >= 0.6 is 9.24 Å². The van der Waals surface area contributed by atoms with Crippen molar-refractivity contribution in [1.82, 2.24) is 0 Å². The van der Waals surface area contributed by atoms with Crippen molar-refractivity contribution in [1.29, 1.82) is 0 Å². The fourth-order valence-electron chi connectivity index (χ4n) is 1.63. The quantitative estimate of drug-likeness (QED) is 0.532. The molecule has 1 unspecified atom stereocenters. The van der Waals surface area contributed by atoms with Gasteiger partial charge in [-0.15, -0.1) is 15.0 Å². The topological polar surface area (TPSA) is 0 Å². The summed E-state index contributed by atoms with van der Waals surface area (Å²) in [5.74, 6) is 1.87. The third kappa shape index (κ3) is 2.49. The maximum atomic E-state index is 3.27. The van der Waals surface area contributed by atoms with E-state index in [9.17, 15) is 0 Å². The van der Waals surface area contributed by atoms with E-state index >= 15 is 0 Å². The average Bonchev–Trinajstić information content (AvgIpc) is 2.38. The van der Waals surface area contributed by atoms with Crippen LogP contribution in [0.1, 0.15) is 11.1 Å². The van der Waals surface area contributed by atoms with Gasteiger partial charge in [0.15, 0.2) is 0 Å². The normalized spacial score (nSPS) is 9.31. The lowest BCUT2D eigenvalue weighted by molar-refractivity contribution is 1.55. The summed E-state index contributed by atoms with van der Waals surface area (Å²) in [5, 5.41) is 0. The minimum absolute atomic E-state index is 1.12. The van der Waals surface area contributed by atoms with Crippen LogP contribution in [0.5, 0.6) is 0 Å². The van der Waals surface area contributed by atoms with Crippen LogP contribution in [-0.2, 0) is 0 Å². The molecule has 0 nitrogen and oxygen atoms in total. The standard InChI is InChI=1S/C15H13P/c16-12-11-15(13-7-3-1-4-8-13)14-9-5-2-6-10-14/h1-10,12H,16H2. The summed E-state index contributed by atoms with van der Waals surface area (Å²) in [6.07, 6.45) is 0. The van der Waals surface area contributed by atoms with Crippen LogP contribution in [-0.4, -0.2) is 0 Å². The van der Waals surface area contributed by atoms with Gasteiger partial charge in [0.2, 0.25) is 0 Å². The molecule has 0 aliphatic rings. The number of benzene rings is 2. The van der Waals surface area contributed by atoms with Gasteiger partial charge in [-0.25, -0.2) is 0 Å². The summed E-state index contributed by atoms with van der Waals surface area (Å²) in [7, 11) is 2.57. The highest BCUT2D eigenvalue weighted by Crippen LogP contribution is 2.21. The molecule has 2 aromatic rings. The van der Waals surface area contributed by atoms with Gasteiger partial charge in [0.25, 0.3) is 0 Å². The van der Waals surface area contributed by atoms with Gasteiger partial charge < -0.3 is 0 Å². The first-order valence-corrected chi connectivity index (χ1v) is 5.86. The molecule has 78 valence electrons. The Morgan fingerprint density at radius 3 is 1.62 bits per heavy atom. The molecule has 1 heteroatoms. The van der Waals surface area contributed by atoms with E-state index in [0.717, 1.165) is 5.57 Å². The van der Waals surface area contributed by atoms with Crippen molar-refractivity contribution in [2.24, 2.45) is 0 Å².